The standard InChI is InChI=1S/C27H43N5O4/c1-6-35-25(33)20(2)24(26(34)36-27(3,4)5)32-13-11-23(12-14-32)31-17-15-30(16-18-31)22-9-7-21(8-10-22)19-29-28/h7-10,19-20,23-24H,6,11-18,28H2,1-5H3. The minimum absolute atomic E-state index is 0.296. The van der Waals surface area contributed by atoms with Crippen LogP contribution in [-0.2, 0) is 19.1 Å². The largest absolute Gasteiger partial charge is 0.466 e. The van der Waals surface area contributed by atoms with Crippen molar-refractivity contribution in [2.45, 2.75) is 65.1 Å². The van der Waals surface area contributed by atoms with E-state index in [1.807, 2.05) is 32.9 Å². The number of hydrazone groups is 1. The van der Waals surface area contributed by atoms with Crippen molar-refractivity contribution in [3.63, 3.8) is 0 Å². The fraction of sp³-hybridized carbons (Fsp3) is 0.667. The van der Waals surface area contributed by atoms with Crippen LogP contribution in [0.2, 0.25) is 0 Å². The average Bonchev–Trinajstić information content (AvgIpc) is 2.84. The lowest BCUT2D eigenvalue weighted by molar-refractivity contribution is -0.170. The first-order valence-corrected chi connectivity index (χ1v) is 13.1. The summed E-state index contributed by atoms with van der Waals surface area (Å²) in [6.45, 7) is 14.9. The maximum atomic E-state index is 13.1. The Morgan fingerprint density at radius 2 is 1.67 bits per heavy atom. The molecule has 0 saturated carbocycles. The van der Waals surface area contributed by atoms with Gasteiger partial charge in [-0.05, 0) is 65.2 Å². The van der Waals surface area contributed by atoms with E-state index < -0.39 is 17.6 Å². The van der Waals surface area contributed by atoms with Gasteiger partial charge in [-0.2, -0.15) is 5.10 Å². The lowest BCUT2D eigenvalue weighted by atomic mass is 9.95. The van der Waals surface area contributed by atoms with Gasteiger partial charge in [-0.25, -0.2) is 0 Å². The number of carbonyl (C=O) groups excluding carboxylic acids is 2. The smallest absolute Gasteiger partial charge is 0.324 e. The van der Waals surface area contributed by atoms with Gasteiger partial charge in [0.1, 0.15) is 11.6 Å². The Labute approximate surface area is 215 Å². The topological polar surface area (TPSA) is 101 Å². The van der Waals surface area contributed by atoms with Crippen molar-refractivity contribution >= 4 is 23.8 Å². The first kappa shape index (κ1) is 27.9. The number of nitrogens with two attached hydrogens (primary N) is 1. The number of rotatable bonds is 8. The summed E-state index contributed by atoms with van der Waals surface area (Å²) in [5.41, 5.74) is 1.60. The molecular weight excluding hydrogens is 458 g/mol. The summed E-state index contributed by atoms with van der Waals surface area (Å²) in [6, 6.07) is 8.15. The van der Waals surface area contributed by atoms with Crippen molar-refractivity contribution in [2.24, 2.45) is 16.9 Å². The van der Waals surface area contributed by atoms with Crippen molar-refractivity contribution in [1.29, 1.82) is 0 Å². The number of piperidine rings is 1. The molecule has 0 bridgehead atoms. The molecule has 2 aliphatic rings. The number of ether oxygens (including phenoxy) is 2. The van der Waals surface area contributed by atoms with Crippen LogP contribution >= 0.6 is 0 Å². The van der Waals surface area contributed by atoms with Crippen LogP contribution in [0, 0.1) is 5.92 Å². The number of hydrogen-bond acceptors (Lipinski definition) is 9. The zero-order valence-electron chi connectivity index (χ0n) is 22.5. The highest BCUT2D eigenvalue weighted by Crippen LogP contribution is 2.26. The van der Waals surface area contributed by atoms with Crippen LogP contribution in [-0.4, -0.2) is 91.5 Å². The first-order chi connectivity index (χ1) is 17.1. The lowest BCUT2D eigenvalue weighted by Gasteiger charge is -2.45. The van der Waals surface area contributed by atoms with E-state index in [4.69, 9.17) is 15.3 Å². The molecule has 1 aromatic carbocycles. The second kappa shape index (κ2) is 12.5. The number of nitrogens with zero attached hydrogens (tertiary/aromatic N) is 4. The molecule has 36 heavy (non-hydrogen) atoms. The fourth-order valence-corrected chi connectivity index (χ4v) is 5.17. The normalized spacial score (nSPS) is 20.3. The molecule has 9 heteroatoms. The van der Waals surface area contributed by atoms with Gasteiger partial charge in [-0.1, -0.05) is 12.1 Å². The number of benzene rings is 1. The summed E-state index contributed by atoms with van der Waals surface area (Å²) < 4.78 is 10.9. The molecule has 0 aromatic heterocycles. The monoisotopic (exact) mass is 501 g/mol. The quantitative estimate of drug-likeness (QED) is 0.251. The van der Waals surface area contributed by atoms with E-state index >= 15 is 0 Å². The first-order valence-electron chi connectivity index (χ1n) is 13.1. The predicted molar refractivity (Wildman–Crippen MR) is 142 cm³/mol. The lowest BCUT2D eigenvalue weighted by Crippen LogP contribution is -2.57. The molecule has 2 unspecified atom stereocenters. The second-order valence-corrected chi connectivity index (χ2v) is 10.7. The molecule has 2 N–H and O–H groups in total. The summed E-state index contributed by atoms with van der Waals surface area (Å²) in [5.74, 6) is 3.96. The Hall–Kier alpha value is -2.65. The molecule has 2 saturated heterocycles. The van der Waals surface area contributed by atoms with Crippen molar-refractivity contribution in [3.05, 3.63) is 29.8 Å². The molecule has 2 atom stereocenters. The zero-order chi connectivity index (χ0) is 26.3. The second-order valence-electron chi connectivity index (χ2n) is 10.7. The SMILES string of the molecule is CCOC(=O)C(C)C(C(=O)OC(C)(C)C)N1CCC(N2CCN(c3ccc(C=NN)cc3)CC2)CC1. The molecule has 9 nitrogen and oxygen atoms in total. The number of piperazine rings is 1. The minimum Gasteiger partial charge on any atom is -0.466 e. The molecule has 0 radical (unpaired) electrons. The number of anilines is 1. The summed E-state index contributed by atoms with van der Waals surface area (Å²) in [7, 11) is 0. The highest BCUT2D eigenvalue weighted by molar-refractivity contribution is 5.84. The van der Waals surface area contributed by atoms with E-state index in [-0.39, 0.29) is 11.9 Å². The van der Waals surface area contributed by atoms with E-state index in [1.54, 1.807) is 20.1 Å². The van der Waals surface area contributed by atoms with Gasteiger partial charge in [0.15, 0.2) is 0 Å². The van der Waals surface area contributed by atoms with Crippen LogP contribution in [0.15, 0.2) is 29.4 Å². The summed E-state index contributed by atoms with van der Waals surface area (Å²) in [5, 5.41) is 3.58. The van der Waals surface area contributed by atoms with Gasteiger partial charge in [0.05, 0.1) is 18.7 Å². The van der Waals surface area contributed by atoms with Crippen molar-refractivity contribution < 1.29 is 19.1 Å². The molecule has 3 rings (SSSR count). The maximum absolute atomic E-state index is 13.1. The van der Waals surface area contributed by atoms with Crippen LogP contribution in [0.4, 0.5) is 5.69 Å². The highest BCUT2D eigenvalue weighted by atomic mass is 16.6. The van der Waals surface area contributed by atoms with Crippen molar-refractivity contribution in [3.8, 4) is 0 Å². The van der Waals surface area contributed by atoms with E-state index in [2.05, 4.69) is 31.9 Å². The molecule has 200 valence electrons. The Kier molecular flexibility index (Phi) is 9.73. The third kappa shape index (κ3) is 7.43. The molecule has 0 aliphatic carbocycles. The van der Waals surface area contributed by atoms with Crippen LogP contribution < -0.4 is 10.7 Å². The van der Waals surface area contributed by atoms with Gasteiger partial charge < -0.3 is 20.2 Å². The maximum Gasteiger partial charge on any atom is 0.324 e. The van der Waals surface area contributed by atoms with E-state index in [0.717, 1.165) is 57.7 Å². The minimum atomic E-state index is -0.631. The van der Waals surface area contributed by atoms with Gasteiger partial charge in [-0.3, -0.25) is 19.4 Å². The van der Waals surface area contributed by atoms with Gasteiger partial charge in [0, 0.05) is 51.0 Å². The van der Waals surface area contributed by atoms with Gasteiger partial charge in [-0.15, -0.1) is 0 Å². The number of hydrogen-bond donors (Lipinski definition) is 1. The molecule has 2 fully saturated rings. The van der Waals surface area contributed by atoms with Crippen LogP contribution in [0.1, 0.15) is 53.0 Å². The summed E-state index contributed by atoms with van der Waals surface area (Å²) in [6.07, 6.45) is 3.57. The number of carbonyl (C=O) groups is 2. The molecule has 1 aromatic rings. The Morgan fingerprint density at radius 1 is 1.06 bits per heavy atom. The van der Waals surface area contributed by atoms with Gasteiger partial charge in [0.25, 0.3) is 0 Å². The van der Waals surface area contributed by atoms with E-state index in [9.17, 15) is 9.59 Å². The van der Waals surface area contributed by atoms with Gasteiger partial charge >= 0.3 is 11.9 Å². The fourth-order valence-electron chi connectivity index (χ4n) is 5.17. The third-order valence-corrected chi connectivity index (χ3v) is 6.99. The van der Waals surface area contributed by atoms with Crippen LogP contribution in [0.3, 0.4) is 0 Å². The Balaban J connectivity index is 1.56. The highest BCUT2D eigenvalue weighted by Gasteiger charge is 2.41. The Bertz CT molecular complexity index is 882. The van der Waals surface area contributed by atoms with Crippen molar-refractivity contribution in [2.75, 3.05) is 50.8 Å². The van der Waals surface area contributed by atoms with Gasteiger partial charge in [0.2, 0.25) is 0 Å². The average molecular weight is 502 g/mol. The molecule has 2 aliphatic heterocycles. The molecule has 0 amide bonds. The molecule has 0 spiro atoms. The molecule has 2 heterocycles. The summed E-state index contributed by atoms with van der Waals surface area (Å²) in [4.78, 5) is 32.7. The number of likely N-dealkylation sites (tertiary alicyclic amines) is 1. The van der Waals surface area contributed by atoms with Crippen LogP contribution in [0.25, 0.3) is 0 Å². The predicted octanol–water partition coefficient (Wildman–Crippen LogP) is 2.48. The third-order valence-electron chi connectivity index (χ3n) is 6.99. The Morgan fingerprint density at radius 3 is 2.19 bits per heavy atom. The van der Waals surface area contributed by atoms with E-state index in [0.29, 0.717) is 12.6 Å². The van der Waals surface area contributed by atoms with Crippen LogP contribution in [0.5, 0.6) is 0 Å². The van der Waals surface area contributed by atoms with E-state index in [1.165, 1.54) is 5.69 Å². The van der Waals surface area contributed by atoms with Crippen molar-refractivity contribution in [1.82, 2.24) is 9.80 Å². The zero-order valence-corrected chi connectivity index (χ0v) is 22.5. The summed E-state index contributed by atoms with van der Waals surface area (Å²) >= 11 is 0. The molecular formula is C27H43N5O4. The number of esters is 2.